The summed E-state index contributed by atoms with van der Waals surface area (Å²) in [5.74, 6) is 0.500. The van der Waals surface area contributed by atoms with E-state index in [4.69, 9.17) is 15.2 Å². The number of carbonyl (C=O) groups is 1. The lowest BCUT2D eigenvalue weighted by molar-refractivity contribution is -0.147. The van der Waals surface area contributed by atoms with E-state index in [0.29, 0.717) is 30.7 Å². The van der Waals surface area contributed by atoms with Crippen LogP contribution in [-0.2, 0) is 20.8 Å². The van der Waals surface area contributed by atoms with Crippen LogP contribution in [0.5, 0.6) is 0 Å². The van der Waals surface area contributed by atoms with Gasteiger partial charge >= 0.3 is 11.7 Å². The number of nitrogens with one attached hydrogen (secondary N) is 1. The highest BCUT2D eigenvalue weighted by atomic mass is 16.5. The number of nitrogens with two attached hydrogens (primary N) is 1. The van der Waals surface area contributed by atoms with Gasteiger partial charge in [-0.25, -0.2) is 4.79 Å². The summed E-state index contributed by atoms with van der Waals surface area (Å²) in [5, 5.41) is 0. The summed E-state index contributed by atoms with van der Waals surface area (Å²) < 4.78 is 12.3. The van der Waals surface area contributed by atoms with Gasteiger partial charge in [-0.05, 0) is 51.7 Å². The van der Waals surface area contributed by atoms with Crippen molar-refractivity contribution in [1.82, 2.24) is 19.4 Å². The SMILES string of the molecule is CCCCOC1=Nc2c([nH]c(=O)n2CCCCN2CCC(C(=O)OC)CC2)C(N)N1C. The molecule has 174 valence electrons. The first-order valence-electron chi connectivity index (χ1n) is 11.3. The monoisotopic (exact) mass is 436 g/mol. The van der Waals surface area contributed by atoms with Crippen molar-refractivity contribution in [2.75, 3.05) is 40.4 Å². The lowest BCUT2D eigenvalue weighted by Gasteiger charge is -2.30. The van der Waals surface area contributed by atoms with E-state index in [1.54, 1.807) is 9.47 Å². The molecule has 0 radical (unpaired) electrons. The summed E-state index contributed by atoms with van der Waals surface area (Å²) in [6.07, 6.45) is 4.99. The standard InChI is InChI=1S/C21H36N6O4/c1-4-5-14-31-21-24-18-16(17(22)25(21)2)23-20(29)27(18)11-7-6-10-26-12-8-15(9-13-26)19(28)30-3/h15,17H,4-14,22H2,1-3H3,(H,23,29). The minimum Gasteiger partial charge on any atom is -0.469 e. The zero-order valence-electron chi connectivity index (χ0n) is 18.9. The van der Waals surface area contributed by atoms with Crippen molar-refractivity contribution in [1.29, 1.82) is 0 Å². The first-order chi connectivity index (χ1) is 15.0. The van der Waals surface area contributed by atoms with Gasteiger partial charge < -0.3 is 30.0 Å². The lowest BCUT2D eigenvalue weighted by Crippen LogP contribution is -2.40. The number of imidazole rings is 1. The van der Waals surface area contributed by atoms with E-state index >= 15 is 0 Å². The smallest absolute Gasteiger partial charge is 0.327 e. The topological polar surface area (TPSA) is 118 Å². The van der Waals surface area contributed by atoms with Gasteiger partial charge in [0.15, 0.2) is 5.82 Å². The maximum absolute atomic E-state index is 12.5. The molecule has 10 heteroatoms. The Morgan fingerprint density at radius 2 is 1.94 bits per heavy atom. The van der Waals surface area contributed by atoms with Gasteiger partial charge in [-0.3, -0.25) is 9.36 Å². The van der Waals surface area contributed by atoms with Crippen LogP contribution < -0.4 is 11.4 Å². The van der Waals surface area contributed by atoms with Crippen molar-refractivity contribution in [2.24, 2.45) is 16.6 Å². The molecule has 1 unspecified atom stereocenters. The van der Waals surface area contributed by atoms with Gasteiger partial charge in [0, 0.05) is 13.6 Å². The summed E-state index contributed by atoms with van der Waals surface area (Å²) in [4.78, 5) is 35.7. The molecular formula is C21H36N6O4. The van der Waals surface area contributed by atoms with Crippen molar-refractivity contribution in [3.8, 4) is 0 Å². The predicted molar refractivity (Wildman–Crippen MR) is 118 cm³/mol. The highest BCUT2D eigenvalue weighted by molar-refractivity contribution is 5.79. The van der Waals surface area contributed by atoms with Crippen LogP contribution in [0, 0.1) is 5.92 Å². The van der Waals surface area contributed by atoms with Gasteiger partial charge in [0.2, 0.25) is 0 Å². The summed E-state index contributed by atoms with van der Waals surface area (Å²) in [6, 6.07) is 0.453. The minimum atomic E-state index is -0.491. The second kappa shape index (κ2) is 10.8. The second-order valence-corrected chi connectivity index (χ2v) is 8.32. The number of nitrogens with zero attached hydrogens (tertiary/aromatic N) is 4. The molecule has 10 nitrogen and oxygen atoms in total. The molecule has 3 N–H and O–H groups in total. The zero-order valence-corrected chi connectivity index (χ0v) is 18.9. The zero-order chi connectivity index (χ0) is 22.4. The number of fused-ring (bicyclic) bond motifs is 1. The van der Waals surface area contributed by atoms with E-state index in [-0.39, 0.29) is 17.6 Å². The molecular weight excluding hydrogens is 400 g/mol. The summed E-state index contributed by atoms with van der Waals surface area (Å²) in [6.45, 7) is 6.01. The van der Waals surface area contributed by atoms with Gasteiger partial charge in [0.25, 0.3) is 6.02 Å². The Hall–Kier alpha value is -2.33. The van der Waals surface area contributed by atoms with E-state index in [0.717, 1.165) is 58.2 Å². The molecule has 0 bridgehead atoms. The number of methoxy groups -OCH3 is 1. The Morgan fingerprint density at radius 1 is 1.23 bits per heavy atom. The van der Waals surface area contributed by atoms with Crippen molar-refractivity contribution in [3.05, 3.63) is 16.2 Å². The van der Waals surface area contributed by atoms with Crippen LogP contribution in [0.3, 0.4) is 0 Å². The van der Waals surface area contributed by atoms with Crippen LogP contribution in [0.15, 0.2) is 9.79 Å². The molecule has 1 saturated heterocycles. The molecule has 1 aromatic rings. The Morgan fingerprint density at radius 3 is 2.61 bits per heavy atom. The van der Waals surface area contributed by atoms with Gasteiger partial charge in [-0.1, -0.05) is 13.3 Å². The fourth-order valence-corrected chi connectivity index (χ4v) is 4.10. The van der Waals surface area contributed by atoms with E-state index in [1.165, 1.54) is 7.11 Å². The molecule has 2 aliphatic rings. The third kappa shape index (κ3) is 5.48. The molecule has 1 fully saturated rings. The molecule has 1 atom stereocenters. The van der Waals surface area contributed by atoms with E-state index < -0.39 is 6.17 Å². The number of aliphatic imine (C=N–C) groups is 1. The average molecular weight is 437 g/mol. The van der Waals surface area contributed by atoms with Crippen molar-refractivity contribution < 1.29 is 14.3 Å². The maximum Gasteiger partial charge on any atom is 0.327 e. The largest absolute Gasteiger partial charge is 0.469 e. The highest BCUT2D eigenvalue weighted by Gasteiger charge is 2.30. The average Bonchev–Trinajstić information content (AvgIpc) is 3.10. The number of aromatic amines is 1. The Balaban J connectivity index is 1.54. The van der Waals surface area contributed by atoms with Gasteiger partial charge in [-0.15, -0.1) is 0 Å². The minimum absolute atomic E-state index is 0.0279. The Labute approximate surface area is 183 Å². The number of hydrogen-bond acceptors (Lipinski definition) is 8. The fourth-order valence-electron chi connectivity index (χ4n) is 4.10. The molecule has 3 rings (SSSR count). The number of ether oxygens (including phenoxy) is 2. The van der Waals surface area contributed by atoms with E-state index in [1.807, 2.05) is 7.05 Å². The number of unbranched alkanes of at least 4 members (excludes halogenated alkanes) is 2. The number of carbonyl (C=O) groups excluding carboxylic acids is 1. The Kier molecular flexibility index (Phi) is 8.14. The summed E-state index contributed by atoms with van der Waals surface area (Å²) >= 11 is 0. The quantitative estimate of drug-likeness (QED) is 0.445. The van der Waals surface area contributed by atoms with Crippen molar-refractivity contribution in [3.63, 3.8) is 0 Å². The molecule has 0 aliphatic carbocycles. The third-order valence-electron chi connectivity index (χ3n) is 6.16. The van der Waals surface area contributed by atoms with Crippen LogP contribution in [0.25, 0.3) is 0 Å². The summed E-state index contributed by atoms with van der Waals surface area (Å²) in [7, 11) is 3.27. The van der Waals surface area contributed by atoms with E-state index in [9.17, 15) is 9.59 Å². The van der Waals surface area contributed by atoms with Gasteiger partial charge in [0.05, 0.1) is 19.6 Å². The number of piperidine rings is 1. The molecule has 0 saturated carbocycles. The Bertz CT molecular complexity index is 824. The molecule has 0 aromatic carbocycles. The third-order valence-corrected chi connectivity index (χ3v) is 6.16. The number of likely N-dealkylation sites (tertiary alicyclic amines) is 1. The van der Waals surface area contributed by atoms with Crippen LogP contribution in [0.1, 0.15) is 57.3 Å². The van der Waals surface area contributed by atoms with Gasteiger partial charge in [0.1, 0.15) is 11.9 Å². The van der Waals surface area contributed by atoms with Gasteiger partial charge in [-0.2, -0.15) is 4.99 Å². The number of rotatable bonds is 9. The molecule has 0 amide bonds. The molecule has 0 spiro atoms. The first-order valence-corrected chi connectivity index (χ1v) is 11.3. The molecule has 1 aromatic heterocycles. The molecule has 3 heterocycles. The number of H-pyrrole nitrogens is 1. The van der Waals surface area contributed by atoms with Crippen LogP contribution in [0.2, 0.25) is 0 Å². The fraction of sp³-hybridized carbons (Fsp3) is 0.762. The number of amidine groups is 1. The maximum atomic E-state index is 12.5. The predicted octanol–water partition coefficient (Wildman–Crippen LogP) is 1.55. The van der Waals surface area contributed by atoms with Crippen LogP contribution in [-0.4, -0.2) is 71.7 Å². The van der Waals surface area contributed by atoms with Crippen molar-refractivity contribution >= 4 is 17.8 Å². The molecule has 31 heavy (non-hydrogen) atoms. The highest BCUT2D eigenvalue weighted by Crippen LogP contribution is 2.29. The molecule has 2 aliphatic heterocycles. The normalized spacial score (nSPS) is 19.8. The van der Waals surface area contributed by atoms with E-state index in [2.05, 4.69) is 21.8 Å². The number of hydrogen-bond donors (Lipinski definition) is 2. The number of aromatic nitrogens is 2. The lowest BCUT2D eigenvalue weighted by atomic mass is 9.97. The second-order valence-electron chi connectivity index (χ2n) is 8.32. The number of esters is 1. The first kappa shape index (κ1) is 23.3. The van der Waals surface area contributed by atoms with Crippen LogP contribution >= 0.6 is 0 Å². The summed E-state index contributed by atoms with van der Waals surface area (Å²) in [5.41, 5.74) is 6.74. The van der Waals surface area contributed by atoms with Crippen molar-refractivity contribution in [2.45, 2.75) is 58.2 Å². The van der Waals surface area contributed by atoms with Crippen LogP contribution in [0.4, 0.5) is 5.82 Å².